The van der Waals surface area contributed by atoms with Crippen molar-refractivity contribution in [3.05, 3.63) is 46.6 Å². The molecule has 24 heavy (non-hydrogen) atoms. The number of halogens is 1. The summed E-state index contributed by atoms with van der Waals surface area (Å²) in [6, 6.07) is 0. The second-order valence-corrected chi connectivity index (χ2v) is 4.26. The number of H-pyrrole nitrogens is 2. The van der Waals surface area contributed by atoms with Crippen molar-refractivity contribution in [2.75, 3.05) is 17.2 Å². The third kappa shape index (κ3) is 3.89. The van der Waals surface area contributed by atoms with Crippen LogP contribution in [0.1, 0.15) is 0 Å². The molecule has 2 aromatic rings. The van der Waals surface area contributed by atoms with Gasteiger partial charge < -0.3 is 17.2 Å². The molecule has 2 heterocycles. The van der Waals surface area contributed by atoms with Crippen molar-refractivity contribution in [2.24, 2.45) is 19.3 Å². The van der Waals surface area contributed by atoms with Crippen molar-refractivity contribution in [3.8, 4) is 0 Å². The molecule has 0 radical (unpaired) electrons. The molecule has 0 unspecified atom stereocenters. The van der Waals surface area contributed by atoms with Gasteiger partial charge in [0.05, 0.1) is 0 Å². The molecule has 0 atom stereocenters. The van der Waals surface area contributed by atoms with E-state index in [2.05, 4.69) is 5.18 Å². The lowest BCUT2D eigenvalue weighted by Gasteiger charge is -2.02. The van der Waals surface area contributed by atoms with Gasteiger partial charge in [-0.3, -0.25) is 28.7 Å². The Morgan fingerprint density at radius 1 is 0.833 bits per heavy atom. The molecule has 0 spiro atoms. The zero-order chi connectivity index (χ0) is 17.9. The quantitative estimate of drug-likeness (QED) is 0.347. The summed E-state index contributed by atoms with van der Waals surface area (Å²) in [5, 5.41) is 2.39. The Kier molecular flexibility index (Phi) is 6.69. The van der Waals surface area contributed by atoms with Crippen LogP contribution in [0.3, 0.4) is 0 Å². The van der Waals surface area contributed by atoms with Crippen LogP contribution in [0.5, 0.6) is 0 Å². The van der Waals surface area contributed by atoms with Gasteiger partial charge in [-0.05, 0) is 5.18 Å². The second-order valence-electron chi connectivity index (χ2n) is 4.26. The molecule has 132 valence electrons. The van der Waals surface area contributed by atoms with E-state index in [4.69, 9.17) is 17.2 Å². The van der Waals surface area contributed by atoms with Gasteiger partial charge in [-0.15, -0.1) is 17.3 Å². The minimum atomic E-state index is -0.870. The maximum Gasteiger partial charge on any atom is 0.329 e. The maximum atomic E-state index is 10.8. The van der Waals surface area contributed by atoms with Crippen LogP contribution in [0.15, 0.2) is 24.4 Å². The van der Waals surface area contributed by atoms with Crippen LogP contribution in [-0.4, -0.2) is 19.1 Å². The average molecular weight is 363 g/mol. The highest BCUT2D eigenvalue weighted by Crippen LogP contribution is 2.10. The summed E-state index contributed by atoms with van der Waals surface area (Å²) < 4.78 is 1.99. The normalized spacial score (nSPS) is 9.42. The average Bonchev–Trinajstić information content (AvgIpc) is 2.50. The van der Waals surface area contributed by atoms with Gasteiger partial charge in [0.2, 0.25) is 5.69 Å². The Bertz CT molecular complexity index is 950. The topological polar surface area (TPSA) is 217 Å². The van der Waals surface area contributed by atoms with Gasteiger partial charge in [-0.2, -0.15) is 0 Å². The van der Waals surface area contributed by atoms with Crippen molar-refractivity contribution in [1.29, 1.82) is 0 Å². The van der Waals surface area contributed by atoms with Gasteiger partial charge in [0.1, 0.15) is 17.3 Å². The lowest BCUT2D eigenvalue weighted by Crippen LogP contribution is -2.32. The zero-order valence-corrected chi connectivity index (χ0v) is 13.3. The molecule has 2 aromatic heterocycles. The first kappa shape index (κ1) is 20.6. The van der Waals surface area contributed by atoms with Crippen molar-refractivity contribution in [3.63, 3.8) is 0 Å². The SMILES string of the molecule is Cl.Cn1c(N)c(N)c(=O)[nH]c1=O.Cn1c(N)c(N=O)c(=O)[nH]c1=O. The minimum absolute atomic E-state index is 0. The summed E-state index contributed by atoms with van der Waals surface area (Å²) in [4.78, 5) is 57.1. The van der Waals surface area contributed by atoms with Crippen molar-refractivity contribution in [2.45, 2.75) is 0 Å². The molecule has 0 amide bonds. The summed E-state index contributed by atoms with van der Waals surface area (Å²) in [5.41, 5.74) is 12.4. The highest BCUT2D eigenvalue weighted by atomic mass is 35.5. The summed E-state index contributed by atoms with van der Waals surface area (Å²) >= 11 is 0. The summed E-state index contributed by atoms with van der Waals surface area (Å²) in [5.74, 6) is -0.252. The summed E-state index contributed by atoms with van der Waals surface area (Å²) in [7, 11) is 2.74. The van der Waals surface area contributed by atoms with Crippen LogP contribution in [0.2, 0.25) is 0 Å². The van der Waals surface area contributed by atoms with Crippen molar-refractivity contribution < 1.29 is 0 Å². The Balaban J connectivity index is 0.000000425. The molecule has 0 bridgehead atoms. The van der Waals surface area contributed by atoms with E-state index in [9.17, 15) is 24.1 Å². The van der Waals surface area contributed by atoms with Crippen LogP contribution < -0.4 is 39.7 Å². The maximum absolute atomic E-state index is 10.8. The molecule has 0 aliphatic carbocycles. The summed E-state index contributed by atoms with van der Waals surface area (Å²) in [6.07, 6.45) is 0. The van der Waals surface area contributed by atoms with E-state index in [-0.39, 0.29) is 29.7 Å². The van der Waals surface area contributed by atoms with Crippen LogP contribution >= 0.6 is 12.4 Å². The number of aromatic amines is 2. The molecule has 0 aliphatic heterocycles. The number of hydrogen-bond donors (Lipinski definition) is 5. The third-order valence-electron chi connectivity index (χ3n) is 2.84. The number of nitrogen functional groups attached to an aromatic ring is 3. The molecule has 2 rings (SSSR count). The van der Waals surface area contributed by atoms with E-state index in [1.807, 2.05) is 9.97 Å². The number of nitrogens with two attached hydrogens (primary N) is 3. The number of nitrogens with zero attached hydrogens (tertiary/aromatic N) is 3. The monoisotopic (exact) mass is 362 g/mol. The Hall–Kier alpha value is -3.35. The molecular weight excluding hydrogens is 348 g/mol. The van der Waals surface area contributed by atoms with E-state index < -0.39 is 28.2 Å². The zero-order valence-electron chi connectivity index (χ0n) is 12.5. The highest BCUT2D eigenvalue weighted by Gasteiger charge is 2.09. The van der Waals surface area contributed by atoms with Gasteiger partial charge in [0.25, 0.3) is 11.1 Å². The number of nitrogens with one attached hydrogen (secondary N) is 2. The smallest absolute Gasteiger partial charge is 0.329 e. The third-order valence-corrected chi connectivity index (χ3v) is 2.84. The van der Waals surface area contributed by atoms with Gasteiger partial charge in [0, 0.05) is 14.1 Å². The van der Waals surface area contributed by atoms with Gasteiger partial charge in [0.15, 0.2) is 0 Å². The van der Waals surface area contributed by atoms with Crippen LogP contribution in [-0.2, 0) is 14.1 Å². The molecule has 0 saturated carbocycles. The number of aromatic nitrogens is 4. The molecular formula is C10H15ClN8O5. The summed E-state index contributed by atoms with van der Waals surface area (Å²) in [6.45, 7) is 0. The molecule has 0 fully saturated rings. The minimum Gasteiger partial charge on any atom is -0.391 e. The highest BCUT2D eigenvalue weighted by molar-refractivity contribution is 5.85. The molecule has 8 N–H and O–H groups in total. The molecule has 14 heteroatoms. The second kappa shape index (κ2) is 7.77. The van der Waals surface area contributed by atoms with Crippen LogP contribution in [0.25, 0.3) is 0 Å². The number of anilines is 3. The first-order chi connectivity index (χ1) is 10.6. The fourth-order valence-electron chi connectivity index (χ4n) is 1.37. The standard InChI is InChI=1S/C5H6N4O3.C5H8N4O2.ClH/c1-9-3(6)2(8-12)4(10)7-5(9)11;1-9-3(7)2(6)4(10)8-5(9)11;/h6H2,1H3,(H,7,10,11);6-7H2,1H3,(H,8,10,11);1H. The van der Waals surface area contributed by atoms with Gasteiger partial charge >= 0.3 is 11.4 Å². The molecule has 0 aromatic carbocycles. The van der Waals surface area contributed by atoms with Crippen molar-refractivity contribution >= 4 is 35.4 Å². The van der Waals surface area contributed by atoms with Crippen LogP contribution in [0.4, 0.5) is 23.0 Å². The number of rotatable bonds is 1. The fourth-order valence-corrected chi connectivity index (χ4v) is 1.37. The number of hydrogen-bond acceptors (Lipinski definition) is 9. The van der Waals surface area contributed by atoms with E-state index in [0.29, 0.717) is 0 Å². The van der Waals surface area contributed by atoms with Gasteiger partial charge in [-0.25, -0.2) is 9.59 Å². The molecule has 13 nitrogen and oxygen atoms in total. The lowest BCUT2D eigenvalue weighted by atomic mass is 10.5. The first-order valence-corrected chi connectivity index (χ1v) is 5.88. The predicted octanol–water partition coefficient (Wildman–Crippen LogP) is -2.29. The van der Waals surface area contributed by atoms with E-state index in [1.54, 1.807) is 0 Å². The van der Waals surface area contributed by atoms with E-state index in [1.165, 1.54) is 14.1 Å². The molecule has 0 aliphatic rings. The van der Waals surface area contributed by atoms with Gasteiger partial charge in [-0.1, -0.05) is 0 Å². The van der Waals surface area contributed by atoms with Crippen LogP contribution in [0, 0.1) is 4.91 Å². The largest absolute Gasteiger partial charge is 0.391 e. The van der Waals surface area contributed by atoms with E-state index >= 15 is 0 Å². The predicted molar refractivity (Wildman–Crippen MR) is 90.5 cm³/mol. The first-order valence-electron chi connectivity index (χ1n) is 5.88. The fraction of sp³-hybridized carbons (Fsp3) is 0.200. The lowest BCUT2D eigenvalue weighted by molar-refractivity contribution is 0.813. The number of nitroso groups, excluding NO2 is 1. The Labute approximate surface area is 138 Å². The molecule has 0 saturated heterocycles. The van der Waals surface area contributed by atoms with E-state index in [0.717, 1.165) is 9.13 Å². The Morgan fingerprint density at radius 2 is 1.25 bits per heavy atom. The van der Waals surface area contributed by atoms with Crippen molar-refractivity contribution in [1.82, 2.24) is 19.1 Å². The Morgan fingerprint density at radius 3 is 1.71 bits per heavy atom.